The number of para-hydroxylation sites is 1. The summed E-state index contributed by atoms with van der Waals surface area (Å²) in [5, 5.41) is 0.434. The second kappa shape index (κ2) is 7.29. The summed E-state index contributed by atoms with van der Waals surface area (Å²) in [7, 11) is 0. The fourth-order valence-electron chi connectivity index (χ4n) is 2.70. The number of carbonyl (C=O) groups is 1. The predicted molar refractivity (Wildman–Crippen MR) is 96.7 cm³/mol. The van der Waals surface area contributed by atoms with Crippen molar-refractivity contribution < 1.29 is 18.0 Å². The number of aromatic nitrogens is 3. The van der Waals surface area contributed by atoms with Crippen molar-refractivity contribution in [2.45, 2.75) is 26.6 Å². The largest absolute Gasteiger partial charge is 0.433 e. The summed E-state index contributed by atoms with van der Waals surface area (Å²) in [4.78, 5) is 32.6. The van der Waals surface area contributed by atoms with E-state index in [-0.39, 0.29) is 22.8 Å². The second-order valence-corrected chi connectivity index (χ2v) is 5.91. The number of fused-ring (bicyclic) bond motifs is 1. The van der Waals surface area contributed by atoms with E-state index in [0.717, 1.165) is 12.1 Å². The third-order valence-electron chi connectivity index (χ3n) is 4.09. The van der Waals surface area contributed by atoms with E-state index in [1.165, 1.54) is 11.5 Å². The van der Waals surface area contributed by atoms with E-state index in [0.29, 0.717) is 17.4 Å². The van der Waals surface area contributed by atoms with Crippen LogP contribution in [-0.4, -0.2) is 20.4 Å². The SMILES string of the molecule is CCn1c(NNC(=O)c2ccc(C(F)(F)F)nc2C)nc2ccccc2c1=O. The molecule has 0 aliphatic heterocycles. The van der Waals surface area contributed by atoms with Gasteiger partial charge in [0.25, 0.3) is 11.5 Å². The van der Waals surface area contributed by atoms with Gasteiger partial charge < -0.3 is 0 Å². The van der Waals surface area contributed by atoms with Crippen molar-refractivity contribution in [3.63, 3.8) is 0 Å². The fourth-order valence-corrected chi connectivity index (χ4v) is 2.70. The molecule has 28 heavy (non-hydrogen) atoms. The van der Waals surface area contributed by atoms with Gasteiger partial charge in [-0.15, -0.1) is 0 Å². The summed E-state index contributed by atoms with van der Waals surface area (Å²) < 4.78 is 39.4. The van der Waals surface area contributed by atoms with E-state index in [9.17, 15) is 22.8 Å². The number of alkyl halides is 3. The Morgan fingerprint density at radius 3 is 2.50 bits per heavy atom. The molecule has 2 heterocycles. The Balaban J connectivity index is 1.86. The predicted octanol–water partition coefficient (Wildman–Crippen LogP) is 2.90. The number of benzene rings is 1. The van der Waals surface area contributed by atoms with E-state index in [1.807, 2.05) is 0 Å². The molecule has 1 amide bonds. The molecule has 0 saturated carbocycles. The Morgan fingerprint density at radius 1 is 1.14 bits per heavy atom. The quantitative estimate of drug-likeness (QED) is 0.668. The number of amides is 1. The van der Waals surface area contributed by atoms with E-state index in [2.05, 4.69) is 20.8 Å². The molecule has 0 radical (unpaired) electrons. The summed E-state index contributed by atoms with van der Waals surface area (Å²) in [5.41, 5.74) is 3.89. The number of carbonyl (C=O) groups excluding carboxylic acids is 1. The molecular weight excluding hydrogens is 375 g/mol. The van der Waals surface area contributed by atoms with Gasteiger partial charge in [-0.2, -0.15) is 13.2 Å². The molecule has 146 valence electrons. The number of rotatable bonds is 4. The Labute approximate surface area is 157 Å². The van der Waals surface area contributed by atoms with Gasteiger partial charge in [0.2, 0.25) is 5.95 Å². The smallest absolute Gasteiger partial charge is 0.277 e. The van der Waals surface area contributed by atoms with E-state index >= 15 is 0 Å². The first-order valence-electron chi connectivity index (χ1n) is 8.33. The second-order valence-electron chi connectivity index (χ2n) is 5.91. The maximum atomic E-state index is 12.7. The molecule has 0 bridgehead atoms. The van der Waals surface area contributed by atoms with Crippen molar-refractivity contribution in [2.75, 3.05) is 5.43 Å². The van der Waals surface area contributed by atoms with Gasteiger partial charge in [0.15, 0.2) is 0 Å². The maximum absolute atomic E-state index is 12.7. The maximum Gasteiger partial charge on any atom is 0.433 e. The third-order valence-corrected chi connectivity index (χ3v) is 4.09. The van der Waals surface area contributed by atoms with Crippen LogP contribution in [0.3, 0.4) is 0 Å². The minimum absolute atomic E-state index is 0.0355. The van der Waals surface area contributed by atoms with Crippen molar-refractivity contribution >= 4 is 22.8 Å². The van der Waals surface area contributed by atoms with Crippen LogP contribution in [0.4, 0.5) is 19.1 Å². The molecule has 0 fully saturated rings. The average Bonchev–Trinajstić information content (AvgIpc) is 2.65. The molecule has 10 heteroatoms. The lowest BCUT2D eigenvalue weighted by atomic mass is 10.1. The van der Waals surface area contributed by atoms with Gasteiger partial charge in [-0.1, -0.05) is 12.1 Å². The van der Waals surface area contributed by atoms with Crippen LogP contribution >= 0.6 is 0 Å². The molecule has 2 N–H and O–H groups in total. The van der Waals surface area contributed by atoms with Gasteiger partial charge in [0, 0.05) is 6.54 Å². The number of halogens is 3. The Morgan fingerprint density at radius 2 is 1.86 bits per heavy atom. The van der Waals surface area contributed by atoms with Crippen molar-refractivity contribution in [2.24, 2.45) is 0 Å². The molecule has 2 aromatic heterocycles. The number of nitrogens with zero attached hydrogens (tertiary/aromatic N) is 3. The number of anilines is 1. The first-order chi connectivity index (χ1) is 13.2. The van der Waals surface area contributed by atoms with Crippen LogP contribution in [0.25, 0.3) is 10.9 Å². The number of hydrogen-bond acceptors (Lipinski definition) is 5. The Hall–Kier alpha value is -3.43. The third kappa shape index (κ3) is 3.66. The van der Waals surface area contributed by atoms with E-state index < -0.39 is 17.8 Å². The zero-order chi connectivity index (χ0) is 20.5. The van der Waals surface area contributed by atoms with E-state index in [4.69, 9.17) is 0 Å². The van der Waals surface area contributed by atoms with Crippen LogP contribution in [0.5, 0.6) is 0 Å². The fraction of sp³-hybridized carbons (Fsp3) is 0.222. The number of aryl methyl sites for hydroxylation is 1. The standard InChI is InChI=1S/C18H16F3N5O2/c1-3-26-16(28)12-6-4-5-7-13(12)23-17(26)25-24-15(27)11-8-9-14(18(19,20)21)22-10(11)2/h4-9H,3H2,1-2H3,(H,23,25)(H,24,27). The summed E-state index contributed by atoms with van der Waals surface area (Å²) in [6.45, 7) is 3.35. The lowest BCUT2D eigenvalue weighted by Crippen LogP contribution is -2.34. The lowest BCUT2D eigenvalue weighted by Gasteiger charge is -2.15. The van der Waals surface area contributed by atoms with Gasteiger partial charge >= 0.3 is 6.18 Å². The van der Waals surface area contributed by atoms with E-state index in [1.54, 1.807) is 31.2 Å². The monoisotopic (exact) mass is 391 g/mol. The van der Waals surface area contributed by atoms with Gasteiger partial charge in [0.05, 0.1) is 22.2 Å². The van der Waals surface area contributed by atoms with Crippen molar-refractivity contribution in [3.8, 4) is 0 Å². The molecule has 1 aromatic carbocycles. The first kappa shape index (κ1) is 19.3. The summed E-state index contributed by atoms with van der Waals surface area (Å²) in [6, 6.07) is 8.54. The average molecular weight is 391 g/mol. The molecule has 0 aliphatic carbocycles. The first-order valence-corrected chi connectivity index (χ1v) is 8.33. The minimum Gasteiger partial charge on any atom is -0.277 e. The summed E-state index contributed by atoms with van der Waals surface area (Å²) in [5.74, 6) is -0.596. The van der Waals surface area contributed by atoms with Crippen LogP contribution in [0.15, 0.2) is 41.2 Å². The number of hydrogen-bond donors (Lipinski definition) is 2. The molecule has 0 saturated heterocycles. The summed E-state index contributed by atoms with van der Waals surface area (Å²) in [6.07, 6.45) is -4.59. The normalized spacial score (nSPS) is 11.5. The number of hydrazine groups is 1. The van der Waals surface area contributed by atoms with Gasteiger partial charge in [0.1, 0.15) is 5.69 Å². The van der Waals surface area contributed by atoms with Crippen LogP contribution < -0.4 is 16.4 Å². The van der Waals surface area contributed by atoms with Crippen LogP contribution in [0, 0.1) is 6.92 Å². The van der Waals surface area contributed by atoms with Gasteiger partial charge in [-0.25, -0.2) is 9.97 Å². The summed E-state index contributed by atoms with van der Waals surface area (Å²) >= 11 is 0. The van der Waals surface area contributed by atoms with Crippen molar-refractivity contribution in [1.29, 1.82) is 0 Å². The number of nitrogens with one attached hydrogen (secondary N) is 2. The van der Waals surface area contributed by atoms with Crippen LogP contribution in [0.2, 0.25) is 0 Å². The highest BCUT2D eigenvalue weighted by Crippen LogP contribution is 2.28. The highest BCUT2D eigenvalue weighted by Gasteiger charge is 2.33. The van der Waals surface area contributed by atoms with Gasteiger partial charge in [-0.3, -0.25) is 25.0 Å². The highest BCUT2D eigenvalue weighted by atomic mass is 19.4. The zero-order valence-electron chi connectivity index (χ0n) is 15.0. The minimum atomic E-state index is -4.59. The topological polar surface area (TPSA) is 88.9 Å². The van der Waals surface area contributed by atoms with Crippen molar-refractivity contribution in [1.82, 2.24) is 20.0 Å². The molecule has 3 rings (SSSR count). The molecule has 0 spiro atoms. The van der Waals surface area contributed by atoms with Crippen LogP contribution in [0.1, 0.15) is 28.7 Å². The lowest BCUT2D eigenvalue weighted by molar-refractivity contribution is -0.141. The Kier molecular flexibility index (Phi) is 5.04. The number of pyridine rings is 1. The molecule has 7 nitrogen and oxygen atoms in total. The van der Waals surface area contributed by atoms with Crippen LogP contribution in [-0.2, 0) is 12.7 Å². The highest BCUT2D eigenvalue weighted by molar-refractivity contribution is 5.95. The molecule has 0 aliphatic rings. The van der Waals surface area contributed by atoms with Crippen molar-refractivity contribution in [3.05, 3.63) is 63.7 Å². The Bertz CT molecular complexity index is 1110. The molecule has 3 aromatic rings. The molecule has 0 unspecified atom stereocenters. The van der Waals surface area contributed by atoms with Gasteiger partial charge in [-0.05, 0) is 38.1 Å². The zero-order valence-corrected chi connectivity index (χ0v) is 15.0. The molecule has 0 atom stereocenters. The molecular formula is C18H16F3N5O2.